The third-order valence-electron chi connectivity index (χ3n) is 4.71. The van der Waals surface area contributed by atoms with Crippen LogP contribution in [0.25, 0.3) is 0 Å². The van der Waals surface area contributed by atoms with Crippen molar-refractivity contribution in [3.8, 4) is 0 Å². The van der Waals surface area contributed by atoms with Crippen molar-refractivity contribution in [2.24, 2.45) is 17.1 Å². The van der Waals surface area contributed by atoms with E-state index in [1.54, 1.807) is 6.20 Å². The second-order valence-corrected chi connectivity index (χ2v) is 6.82. The molecule has 2 aliphatic rings. The number of fused-ring (bicyclic) bond motifs is 1. The van der Waals surface area contributed by atoms with Crippen molar-refractivity contribution >= 4 is 22.4 Å². The van der Waals surface area contributed by atoms with Crippen molar-refractivity contribution in [3.63, 3.8) is 0 Å². The van der Waals surface area contributed by atoms with E-state index in [9.17, 15) is 4.79 Å². The lowest BCUT2D eigenvalue weighted by Gasteiger charge is -2.64. The molecule has 3 atom stereocenters. The van der Waals surface area contributed by atoms with Gasteiger partial charge in [-0.3, -0.25) is 4.79 Å². The topological polar surface area (TPSA) is 77.2 Å². The van der Waals surface area contributed by atoms with Crippen LogP contribution in [0, 0.1) is 11.3 Å². The van der Waals surface area contributed by atoms with Gasteiger partial charge in [0.15, 0.2) is 5.13 Å². The first-order valence-corrected chi connectivity index (χ1v) is 7.47. The van der Waals surface area contributed by atoms with Gasteiger partial charge in [-0.1, -0.05) is 13.8 Å². The van der Waals surface area contributed by atoms with Gasteiger partial charge in [0.2, 0.25) is 5.91 Å². The Labute approximate surface area is 116 Å². The van der Waals surface area contributed by atoms with Gasteiger partial charge in [0.05, 0.1) is 6.10 Å². The normalized spacial score (nSPS) is 36.2. The molecule has 3 rings (SSSR count). The molecular weight excluding hydrogens is 262 g/mol. The molecule has 1 aromatic heterocycles. The molecule has 1 aliphatic carbocycles. The van der Waals surface area contributed by atoms with E-state index < -0.39 is 5.54 Å². The van der Waals surface area contributed by atoms with Crippen LogP contribution in [0.2, 0.25) is 0 Å². The van der Waals surface area contributed by atoms with Crippen molar-refractivity contribution < 1.29 is 9.53 Å². The van der Waals surface area contributed by atoms with E-state index in [0.717, 1.165) is 19.4 Å². The van der Waals surface area contributed by atoms with E-state index >= 15 is 0 Å². The largest absolute Gasteiger partial charge is 0.377 e. The SMILES string of the molecule is CC1(C)C2OCCCC2C1(N)C(=O)Nc1nccs1. The number of aromatic nitrogens is 1. The van der Waals surface area contributed by atoms with Crippen LogP contribution in [-0.2, 0) is 9.53 Å². The van der Waals surface area contributed by atoms with E-state index in [1.165, 1.54) is 11.3 Å². The number of thiazole rings is 1. The van der Waals surface area contributed by atoms with Crippen LogP contribution < -0.4 is 11.1 Å². The molecule has 1 aromatic rings. The highest BCUT2D eigenvalue weighted by Crippen LogP contribution is 2.57. The van der Waals surface area contributed by atoms with Crippen LogP contribution in [0.5, 0.6) is 0 Å². The number of carbonyl (C=O) groups excluding carboxylic acids is 1. The Bertz CT molecular complexity index is 488. The molecule has 19 heavy (non-hydrogen) atoms. The van der Waals surface area contributed by atoms with Gasteiger partial charge >= 0.3 is 0 Å². The molecule has 0 radical (unpaired) electrons. The van der Waals surface area contributed by atoms with E-state index in [0.29, 0.717) is 5.13 Å². The van der Waals surface area contributed by atoms with Gasteiger partial charge in [-0.25, -0.2) is 4.98 Å². The Morgan fingerprint density at radius 2 is 2.42 bits per heavy atom. The maximum atomic E-state index is 12.6. The number of amides is 1. The van der Waals surface area contributed by atoms with Gasteiger partial charge in [-0.2, -0.15) is 0 Å². The van der Waals surface area contributed by atoms with E-state index in [1.807, 2.05) is 19.2 Å². The number of hydrogen-bond donors (Lipinski definition) is 2. The zero-order valence-electron chi connectivity index (χ0n) is 11.2. The molecule has 1 amide bonds. The lowest BCUT2D eigenvalue weighted by molar-refractivity contribution is -0.222. The molecule has 0 bridgehead atoms. The summed E-state index contributed by atoms with van der Waals surface area (Å²) in [4.78, 5) is 16.6. The number of hydrogen-bond acceptors (Lipinski definition) is 5. The van der Waals surface area contributed by atoms with E-state index in [4.69, 9.17) is 10.5 Å². The van der Waals surface area contributed by atoms with E-state index in [-0.39, 0.29) is 23.3 Å². The summed E-state index contributed by atoms with van der Waals surface area (Å²) in [5.74, 6) is -0.0320. The molecular formula is C13H19N3O2S. The summed E-state index contributed by atoms with van der Waals surface area (Å²) in [7, 11) is 0. The Hall–Kier alpha value is -0.980. The number of carbonyl (C=O) groups is 1. The van der Waals surface area contributed by atoms with E-state index in [2.05, 4.69) is 10.3 Å². The first-order chi connectivity index (χ1) is 8.98. The maximum Gasteiger partial charge on any atom is 0.247 e. The van der Waals surface area contributed by atoms with Gasteiger partial charge in [0, 0.05) is 29.5 Å². The number of nitrogens with two attached hydrogens (primary N) is 1. The highest BCUT2D eigenvalue weighted by Gasteiger charge is 2.70. The van der Waals surface area contributed by atoms with Gasteiger partial charge in [-0.15, -0.1) is 11.3 Å². The molecule has 6 heteroatoms. The van der Waals surface area contributed by atoms with Crippen LogP contribution in [0.1, 0.15) is 26.7 Å². The molecule has 0 aromatic carbocycles. The summed E-state index contributed by atoms with van der Waals surface area (Å²) in [6.07, 6.45) is 3.69. The number of ether oxygens (including phenoxy) is 1. The van der Waals surface area contributed by atoms with Crippen LogP contribution in [0.4, 0.5) is 5.13 Å². The first kappa shape index (κ1) is 13.0. The minimum absolute atomic E-state index is 0.0910. The van der Waals surface area contributed by atoms with Crippen LogP contribution >= 0.6 is 11.3 Å². The van der Waals surface area contributed by atoms with Crippen LogP contribution in [0.3, 0.4) is 0 Å². The summed E-state index contributed by atoms with van der Waals surface area (Å²) in [5.41, 5.74) is 5.26. The summed E-state index contributed by atoms with van der Waals surface area (Å²) < 4.78 is 5.80. The molecule has 2 fully saturated rings. The summed E-state index contributed by atoms with van der Waals surface area (Å²) >= 11 is 1.40. The Morgan fingerprint density at radius 3 is 3.11 bits per heavy atom. The summed E-state index contributed by atoms with van der Waals surface area (Å²) in [5, 5.41) is 5.27. The fourth-order valence-corrected chi connectivity index (χ4v) is 4.05. The average Bonchev–Trinajstić information content (AvgIpc) is 2.90. The van der Waals surface area contributed by atoms with Gasteiger partial charge < -0.3 is 15.8 Å². The zero-order chi connectivity index (χ0) is 13.7. The van der Waals surface area contributed by atoms with Crippen LogP contribution in [0.15, 0.2) is 11.6 Å². The van der Waals surface area contributed by atoms with Gasteiger partial charge in [-0.05, 0) is 12.8 Å². The molecule has 3 unspecified atom stereocenters. The number of anilines is 1. The minimum atomic E-state index is -0.871. The highest BCUT2D eigenvalue weighted by molar-refractivity contribution is 7.13. The molecule has 1 saturated heterocycles. The van der Waals surface area contributed by atoms with Crippen molar-refractivity contribution in [1.29, 1.82) is 0 Å². The predicted octanol–water partition coefficient (Wildman–Crippen LogP) is 1.61. The van der Waals surface area contributed by atoms with Crippen molar-refractivity contribution in [2.75, 3.05) is 11.9 Å². The zero-order valence-corrected chi connectivity index (χ0v) is 12.0. The van der Waals surface area contributed by atoms with Gasteiger partial charge in [0.25, 0.3) is 0 Å². The molecule has 5 nitrogen and oxygen atoms in total. The molecule has 0 spiro atoms. The Morgan fingerprint density at radius 1 is 1.63 bits per heavy atom. The fourth-order valence-electron chi connectivity index (χ4n) is 3.52. The Balaban J connectivity index is 1.83. The minimum Gasteiger partial charge on any atom is -0.377 e. The summed E-state index contributed by atoms with van der Waals surface area (Å²) in [6, 6.07) is 0. The van der Waals surface area contributed by atoms with Crippen molar-refractivity contribution in [2.45, 2.75) is 38.3 Å². The van der Waals surface area contributed by atoms with Crippen LogP contribution in [-0.4, -0.2) is 29.1 Å². The average molecular weight is 281 g/mol. The molecule has 1 saturated carbocycles. The van der Waals surface area contributed by atoms with Crippen molar-refractivity contribution in [3.05, 3.63) is 11.6 Å². The molecule has 3 N–H and O–H groups in total. The second kappa shape index (κ2) is 4.26. The van der Waals surface area contributed by atoms with Crippen molar-refractivity contribution in [1.82, 2.24) is 4.98 Å². The smallest absolute Gasteiger partial charge is 0.247 e. The summed E-state index contributed by atoms with van der Waals surface area (Å²) in [6.45, 7) is 4.80. The lowest BCUT2D eigenvalue weighted by Crippen LogP contribution is -2.81. The third-order valence-corrected chi connectivity index (χ3v) is 5.40. The number of rotatable bonds is 2. The lowest BCUT2D eigenvalue weighted by atomic mass is 9.46. The monoisotopic (exact) mass is 281 g/mol. The molecule has 104 valence electrons. The quantitative estimate of drug-likeness (QED) is 0.863. The molecule has 1 aliphatic heterocycles. The first-order valence-electron chi connectivity index (χ1n) is 6.59. The Kier molecular flexibility index (Phi) is 2.92. The highest BCUT2D eigenvalue weighted by atomic mass is 32.1. The number of nitrogens with zero attached hydrogens (tertiary/aromatic N) is 1. The maximum absolute atomic E-state index is 12.6. The predicted molar refractivity (Wildman–Crippen MR) is 73.9 cm³/mol. The fraction of sp³-hybridized carbons (Fsp3) is 0.692. The standard InChI is InChI=1S/C13H19N3O2S/c1-12(2)9-8(4-3-6-18-9)13(12,14)10(17)16-11-15-5-7-19-11/h5,7-9H,3-4,6,14H2,1-2H3,(H,15,16,17). The second-order valence-electron chi connectivity index (χ2n) is 5.92. The van der Waals surface area contributed by atoms with Gasteiger partial charge in [0.1, 0.15) is 5.54 Å². The molecule has 2 heterocycles. The third kappa shape index (κ3) is 1.67. The number of nitrogens with one attached hydrogen (secondary N) is 1.